The van der Waals surface area contributed by atoms with E-state index in [4.69, 9.17) is 10.4 Å². The molecule has 1 saturated heterocycles. The Morgan fingerprint density at radius 1 is 1.40 bits per heavy atom. The van der Waals surface area contributed by atoms with Crippen LogP contribution in [0.25, 0.3) is 0 Å². The van der Waals surface area contributed by atoms with Crippen molar-refractivity contribution >= 4 is 0 Å². The number of nitrogens with zero attached hydrogens (tertiary/aromatic N) is 3. The first kappa shape index (κ1) is 12.4. The molecule has 3 atom stereocenters. The molecule has 1 rings (SSSR count). The number of nitriles is 1. The van der Waals surface area contributed by atoms with E-state index in [-0.39, 0.29) is 12.6 Å². The number of piperazine rings is 1. The van der Waals surface area contributed by atoms with Crippen molar-refractivity contribution in [1.29, 1.82) is 5.26 Å². The van der Waals surface area contributed by atoms with E-state index in [0.717, 1.165) is 19.6 Å². The summed E-state index contributed by atoms with van der Waals surface area (Å²) in [7, 11) is 0. The standard InChI is InChI=1S/C11H21N3O/c1-9(6-12)14-8-10(2)13(4-5-15)7-11(14)3/h9-11,15H,4-5,7-8H2,1-3H3. The predicted octanol–water partition coefficient (Wildman–Crippen LogP) is 0.285. The molecule has 0 aliphatic carbocycles. The first-order valence-electron chi connectivity index (χ1n) is 5.60. The van der Waals surface area contributed by atoms with Gasteiger partial charge in [0.05, 0.1) is 18.7 Å². The summed E-state index contributed by atoms with van der Waals surface area (Å²) in [6.07, 6.45) is 0. The molecule has 1 heterocycles. The van der Waals surface area contributed by atoms with Gasteiger partial charge in [0.15, 0.2) is 0 Å². The number of aliphatic hydroxyl groups is 1. The molecule has 1 aliphatic heterocycles. The third-order valence-corrected chi connectivity index (χ3v) is 3.23. The first-order valence-corrected chi connectivity index (χ1v) is 5.60. The van der Waals surface area contributed by atoms with Crippen molar-refractivity contribution in [1.82, 2.24) is 9.80 Å². The van der Waals surface area contributed by atoms with E-state index >= 15 is 0 Å². The highest BCUT2D eigenvalue weighted by Gasteiger charge is 2.31. The van der Waals surface area contributed by atoms with Crippen molar-refractivity contribution in [3.05, 3.63) is 0 Å². The molecule has 0 spiro atoms. The summed E-state index contributed by atoms with van der Waals surface area (Å²) >= 11 is 0. The summed E-state index contributed by atoms with van der Waals surface area (Å²) < 4.78 is 0. The minimum atomic E-state index is -0.0151. The summed E-state index contributed by atoms with van der Waals surface area (Å²) in [6, 6.07) is 3.09. The molecular formula is C11H21N3O. The van der Waals surface area contributed by atoms with Crippen LogP contribution >= 0.6 is 0 Å². The van der Waals surface area contributed by atoms with Gasteiger partial charge in [0.25, 0.3) is 0 Å². The largest absolute Gasteiger partial charge is 0.395 e. The highest BCUT2D eigenvalue weighted by Crippen LogP contribution is 2.17. The highest BCUT2D eigenvalue weighted by atomic mass is 16.3. The van der Waals surface area contributed by atoms with Gasteiger partial charge in [-0.2, -0.15) is 5.26 Å². The van der Waals surface area contributed by atoms with Crippen LogP contribution in [0, 0.1) is 11.3 Å². The molecule has 0 aromatic rings. The van der Waals surface area contributed by atoms with Crippen LogP contribution in [-0.2, 0) is 0 Å². The highest BCUT2D eigenvalue weighted by molar-refractivity contribution is 4.95. The van der Waals surface area contributed by atoms with Crippen molar-refractivity contribution < 1.29 is 5.11 Å². The van der Waals surface area contributed by atoms with Crippen molar-refractivity contribution in [2.24, 2.45) is 0 Å². The van der Waals surface area contributed by atoms with Crippen LogP contribution in [0.2, 0.25) is 0 Å². The molecule has 0 bridgehead atoms. The summed E-state index contributed by atoms with van der Waals surface area (Å²) in [4.78, 5) is 4.52. The molecule has 1 N–H and O–H groups in total. The number of aliphatic hydroxyl groups excluding tert-OH is 1. The van der Waals surface area contributed by atoms with Gasteiger partial charge in [-0.15, -0.1) is 0 Å². The third-order valence-electron chi connectivity index (χ3n) is 3.23. The van der Waals surface area contributed by atoms with Crippen LogP contribution in [0.4, 0.5) is 0 Å². The molecule has 0 radical (unpaired) electrons. The molecule has 4 heteroatoms. The Labute approximate surface area is 92.1 Å². The van der Waals surface area contributed by atoms with E-state index in [1.165, 1.54) is 0 Å². The fourth-order valence-corrected chi connectivity index (χ4v) is 2.28. The maximum Gasteiger partial charge on any atom is 0.0952 e. The molecule has 0 aromatic heterocycles. The SMILES string of the molecule is CC1CN(C(C)C#N)C(C)CN1CCO. The Balaban J connectivity index is 2.59. The number of hydrogen-bond donors (Lipinski definition) is 1. The molecule has 0 saturated carbocycles. The van der Waals surface area contributed by atoms with Crippen LogP contribution in [-0.4, -0.2) is 59.3 Å². The second kappa shape index (κ2) is 5.45. The van der Waals surface area contributed by atoms with Gasteiger partial charge in [-0.25, -0.2) is 0 Å². The lowest BCUT2D eigenvalue weighted by Gasteiger charge is -2.45. The fourth-order valence-electron chi connectivity index (χ4n) is 2.28. The molecule has 0 amide bonds. The Hall–Kier alpha value is -0.630. The summed E-state index contributed by atoms with van der Waals surface area (Å²) in [5, 5.41) is 17.9. The van der Waals surface area contributed by atoms with E-state index in [0.29, 0.717) is 12.1 Å². The van der Waals surface area contributed by atoms with Crippen molar-refractivity contribution in [3.63, 3.8) is 0 Å². The van der Waals surface area contributed by atoms with Crippen LogP contribution in [0.5, 0.6) is 0 Å². The minimum Gasteiger partial charge on any atom is -0.395 e. The Kier molecular flexibility index (Phi) is 4.52. The first-order chi connectivity index (χ1) is 7.10. The second-order valence-corrected chi connectivity index (χ2v) is 4.42. The quantitative estimate of drug-likeness (QED) is 0.729. The summed E-state index contributed by atoms with van der Waals surface area (Å²) in [6.45, 7) is 9.04. The van der Waals surface area contributed by atoms with E-state index in [1.807, 2.05) is 6.92 Å². The molecule has 86 valence electrons. The van der Waals surface area contributed by atoms with Gasteiger partial charge in [0.1, 0.15) is 0 Å². The van der Waals surface area contributed by atoms with Crippen molar-refractivity contribution in [3.8, 4) is 6.07 Å². The third kappa shape index (κ3) is 2.91. The second-order valence-electron chi connectivity index (χ2n) is 4.42. The van der Waals surface area contributed by atoms with E-state index in [9.17, 15) is 0 Å². The Bertz CT molecular complexity index is 238. The van der Waals surface area contributed by atoms with Crippen molar-refractivity contribution in [2.45, 2.75) is 38.9 Å². The lowest BCUT2D eigenvalue weighted by Crippen LogP contribution is -2.58. The van der Waals surface area contributed by atoms with Gasteiger partial charge in [-0.3, -0.25) is 9.80 Å². The molecule has 1 aliphatic rings. The van der Waals surface area contributed by atoms with Gasteiger partial charge in [-0.1, -0.05) is 0 Å². The lowest BCUT2D eigenvalue weighted by molar-refractivity contribution is 0.0232. The number of hydrogen-bond acceptors (Lipinski definition) is 4. The predicted molar refractivity (Wildman–Crippen MR) is 59.4 cm³/mol. The minimum absolute atomic E-state index is 0.0151. The topological polar surface area (TPSA) is 50.5 Å². The van der Waals surface area contributed by atoms with Gasteiger partial charge < -0.3 is 5.11 Å². The molecule has 3 unspecified atom stereocenters. The van der Waals surface area contributed by atoms with Crippen LogP contribution < -0.4 is 0 Å². The van der Waals surface area contributed by atoms with Gasteiger partial charge in [0.2, 0.25) is 0 Å². The zero-order valence-corrected chi connectivity index (χ0v) is 9.85. The molecule has 15 heavy (non-hydrogen) atoms. The summed E-state index contributed by atoms with van der Waals surface area (Å²) in [5.41, 5.74) is 0. The summed E-state index contributed by atoms with van der Waals surface area (Å²) in [5.74, 6) is 0. The zero-order valence-electron chi connectivity index (χ0n) is 9.85. The fraction of sp³-hybridized carbons (Fsp3) is 0.909. The van der Waals surface area contributed by atoms with Gasteiger partial charge in [0, 0.05) is 31.7 Å². The lowest BCUT2D eigenvalue weighted by atomic mass is 10.1. The zero-order chi connectivity index (χ0) is 11.4. The van der Waals surface area contributed by atoms with Gasteiger partial charge in [-0.05, 0) is 20.8 Å². The van der Waals surface area contributed by atoms with Crippen molar-refractivity contribution in [2.75, 3.05) is 26.2 Å². The average molecular weight is 211 g/mol. The van der Waals surface area contributed by atoms with Gasteiger partial charge >= 0.3 is 0 Å². The van der Waals surface area contributed by atoms with Crippen LogP contribution in [0.3, 0.4) is 0 Å². The van der Waals surface area contributed by atoms with E-state index < -0.39 is 0 Å². The monoisotopic (exact) mass is 211 g/mol. The normalized spacial score (nSPS) is 31.1. The maximum absolute atomic E-state index is 8.94. The van der Waals surface area contributed by atoms with Crippen LogP contribution in [0.1, 0.15) is 20.8 Å². The molecule has 0 aromatic carbocycles. The number of rotatable bonds is 3. The maximum atomic E-state index is 8.94. The number of β-amino-alcohol motifs (C(OH)–C–C–N with tert-alkyl or cyclic N) is 1. The molecular weight excluding hydrogens is 190 g/mol. The Morgan fingerprint density at radius 3 is 2.60 bits per heavy atom. The Morgan fingerprint density at radius 2 is 2.07 bits per heavy atom. The van der Waals surface area contributed by atoms with Crippen LogP contribution in [0.15, 0.2) is 0 Å². The smallest absolute Gasteiger partial charge is 0.0952 e. The molecule has 1 fully saturated rings. The van der Waals surface area contributed by atoms with E-state index in [1.54, 1.807) is 0 Å². The van der Waals surface area contributed by atoms with E-state index in [2.05, 4.69) is 29.7 Å². The average Bonchev–Trinajstić information content (AvgIpc) is 2.22. The molecule has 4 nitrogen and oxygen atoms in total.